The minimum Gasteiger partial charge on any atom is -0.478 e. The standard InChI is InChI=1S/C19H19N3O3/c1-13(20-21-16-9-7-14(8-10-16)19(24)25)15-4-2-5-17(12-15)22-11-3-6-18(22)23/h2,4-5,7-10,12,21H,3,6,11H2,1H3,(H,24,25)/b20-13-. The molecule has 1 fully saturated rings. The second-order valence-corrected chi connectivity index (χ2v) is 5.89. The van der Waals surface area contributed by atoms with Gasteiger partial charge in [0.1, 0.15) is 0 Å². The molecular weight excluding hydrogens is 318 g/mol. The summed E-state index contributed by atoms with van der Waals surface area (Å²) >= 11 is 0. The molecule has 0 aromatic heterocycles. The van der Waals surface area contributed by atoms with E-state index in [1.807, 2.05) is 31.2 Å². The molecule has 1 saturated heterocycles. The van der Waals surface area contributed by atoms with Crippen molar-refractivity contribution in [2.45, 2.75) is 19.8 Å². The van der Waals surface area contributed by atoms with Crippen molar-refractivity contribution in [3.05, 3.63) is 59.7 Å². The average Bonchev–Trinajstić information content (AvgIpc) is 3.06. The highest BCUT2D eigenvalue weighted by atomic mass is 16.4. The number of rotatable bonds is 5. The fourth-order valence-electron chi connectivity index (χ4n) is 2.72. The molecule has 1 heterocycles. The lowest BCUT2D eigenvalue weighted by atomic mass is 10.1. The first-order chi connectivity index (χ1) is 12.0. The minimum absolute atomic E-state index is 0.156. The van der Waals surface area contributed by atoms with Gasteiger partial charge in [0.05, 0.1) is 17.0 Å². The van der Waals surface area contributed by atoms with E-state index < -0.39 is 5.97 Å². The second kappa shape index (κ2) is 7.17. The van der Waals surface area contributed by atoms with Crippen molar-refractivity contribution in [2.75, 3.05) is 16.9 Å². The molecule has 0 radical (unpaired) electrons. The third kappa shape index (κ3) is 3.85. The molecule has 2 N–H and O–H groups in total. The van der Waals surface area contributed by atoms with Crippen LogP contribution in [0.3, 0.4) is 0 Å². The van der Waals surface area contributed by atoms with Crippen LogP contribution in [0.1, 0.15) is 35.7 Å². The Kier molecular flexibility index (Phi) is 4.79. The molecule has 128 valence electrons. The van der Waals surface area contributed by atoms with Gasteiger partial charge in [-0.1, -0.05) is 12.1 Å². The summed E-state index contributed by atoms with van der Waals surface area (Å²) in [7, 11) is 0. The number of carbonyl (C=O) groups is 2. The number of carboxylic acid groups (broad SMARTS) is 1. The lowest BCUT2D eigenvalue weighted by Gasteiger charge is -2.16. The maximum absolute atomic E-state index is 11.9. The highest BCUT2D eigenvalue weighted by Gasteiger charge is 2.21. The summed E-state index contributed by atoms with van der Waals surface area (Å²) in [6.07, 6.45) is 1.50. The molecule has 25 heavy (non-hydrogen) atoms. The molecule has 0 unspecified atom stereocenters. The number of carboxylic acids is 1. The summed E-state index contributed by atoms with van der Waals surface area (Å²) in [6.45, 7) is 2.64. The van der Waals surface area contributed by atoms with Crippen LogP contribution < -0.4 is 10.3 Å². The Bertz CT molecular complexity index is 828. The third-order valence-corrected chi connectivity index (χ3v) is 4.13. The first-order valence-electron chi connectivity index (χ1n) is 8.09. The Hall–Kier alpha value is -3.15. The van der Waals surface area contributed by atoms with Gasteiger partial charge in [0.2, 0.25) is 5.91 Å². The molecule has 1 aliphatic heterocycles. The van der Waals surface area contributed by atoms with Gasteiger partial charge < -0.3 is 10.0 Å². The van der Waals surface area contributed by atoms with Gasteiger partial charge in [-0.2, -0.15) is 5.10 Å². The van der Waals surface area contributed by atoms with E-state index in [-0.39, 0.29) is 11.5 Å². The average molecular weight is 337 g/mol. The maximum atomic E-state index is 11.9. The summed E-state index contributed by atoms with van der Waals surface area (Å²) < 4.78 is 0. The van der Waals surface area contributed by atoms with Crippen LogP contribution in [0.25, 0.3) is 0 Å². The zero-order valence-corrected chi connectivity index (χ0v) is 13.9. The van der Waals surface area contributed by atoms with E-state index >= 15 is 0 Å². The summed E-state index contributed by atoms with van der Waals surface area (Å²) in [6, 6.07) is 14.1. The van der Waals surface area contributed by atoms with Crippen LogP contribution in [-0.2, 0) is 4.79 Å². The molecule has 0 bridgehead atoms. The number of hydrogen-bond acceptors (Lipinski definition) is 4. The van der Waals surface area contributed by atoms with Crippen LogP contribution in [-0.4, -0.2) is 29.2 Å². The molecule has 2 aromatic carbocycles. The summed E-state index contributed by atoms with van der Waals surface area (Å²) in [5.74, 6) is -0.803. The van der Waals surface area contributed by atoms with Crippen molar-refractivity contribution in [1.82, 2.24) is 0 Å². The fraction of sp³-hybridized carbons (Fsp3) is 0.211. The van der Waals surface area contributed by atoms with Gasteiger partial charge in [-0.3, -0.25) is 10.2 Å². The highest BCUT2D eigenvalue weighted by Crippen LogP contribution is 2.22. The van der Waals surface area contributed by atoms with Crippen molar-refractivity contribution in [3.63, 3.8) is 0 Å². The number of aromatic carboxylic acids is 1. The van der Waals surface area contributed by atoms with E-state index in [0.29, 0.717) is 12.1 Å². The van der Waals surface area contributed by atoms with E-state index in [1.165, 1.54) is 12.1 Å². The zero-order chi connectivity index (χ0) is 17.8. The van der Waals surface area contributed by atoms with E-state index in [0.717, 1.165) is 29.9 Å². The number of hydrazone groups is 1. The molecule has 6 nitrogen and oxygen atoms in total. The number of amides is 1. The maximum Gasteiger partial charge on any atom is 0.335 e. The van der Waals surface area contributed by atoms with Gasteiger partial charge in [-0.05, 0) is 55.3 Å². The van der Waals surface area contributed by atoms with Crippen molar-refractivity contribution < 1.29 is 14.7 Å². The highest BCUT2D eigenvalue weighted by molar-refractivity contribution is 6.01. The molecular formula is C19H19N3O3. The van der Waals surface area contributed by atoms with E-state index in [9.17, 15) is 9.59 Å². The van der Waals surface area contributed by atoms with Crippen LogP contribution in [0, 0.1) is 0 Å². The molecule has 0 spiro atoms. The van der Waals surface area contributed by atoms with Crippen molar-refractivity contribution in [2.24, 2.45) is 5.10 Å². The second-order valence-electron chi connectivity index (χ2n) is 5.89. The van der Waals surface area contributed by atoms with E-state index in [1.54, 1.807) is 17.0 Å². The molecule has 2 aromatic rings. The number of nitrogens with zero attached hydrogens (tertiary/aromatic N) is 2. The molecule has 1 amide bonds. The lowest BCUT2D eigenvalue weighted by molar-refractivity contribution is -0.117. The van der Waals surface area contributed by atoms with Gasteiger partial charge >= 0.3 is 5.97 Å². The Balaban J connectivity index is 1.73. The van der Waals surface area contributed by atoms with Crippen molar-refractivity contribution in [3.8, 4) is 0 Å². The lowest BCUT2D eigenvalue weighted by Crippen LogP contribution is -2.23. The number of benzene rings is 2. The normalized spacial score (nSPS) is 14.7. The number of hydrogen-bond donors (Lipinski definition) is 2. The SMILES string of the molecule is C/C(=N/Nc1ccc(C(=O)O)cc1)c1cccc(N2CCCC2=O)c1. The first kappa shape index (κ1) is 16.7. The first-order valence-corrected chi connectivity index (χ1v) is 8.09. The van der Waals surface area contributed by atoms with Gasteiger partial charge in [0.15, 0.2) is 0 Å². The molecule has 6 heteroatoms. The molecule has 0 saturated carbocycles. The van der Waals surface area contributed by atoms with Crippen LogP contribution in [0.5, 0.6) is 0 Å². The summed E-state index contributed by atoms with van der Waals surface area (Å²) in [5.41, 5.74) is 6.44. The predicted molar refractivity (Wildman–Crippen MR) is 97.3 cm³/mol. The molecule has 1 aliphatic rings. The van der Waals surface area contributed by atoms with Crippen LogP contribution in [0.15, 0.2) is 53.6 Å². The Morgan fingerprint density at radius 1 is 1.16 bits per heavy atom. The van der Waals surface area contributed by atoms with E-state index in [2.05, 4.69) is 10.5 Å². The summed E-state index contributed by atoms with van der Waals surface area (Å²) in [5, 5.41) is 13.2. The predicted octanol–water partition coefficient (Wildman–Crippen LogP) is 3.35. The molecule has 3 rings (SSSR count). The molecule has 0 aliphatic carbocycles. The fourth-order valence-corrected chi connectivity index (χ4v) is 2.72. The van der Waals surface area contributed by atoms with E-state index in [4.69, 9.17) is 5.11 Å². The smallest absolute Gasteiger partial charge is 0.335 e. The topological polar surface area (TPSA) is 82.0 Å². The minimum atomic E-state index is -0.959. The van der Waals surface area contributed by atoms with Crippen LogP contribution in [0.4, 0.5) is 11.4 Å². The van der Waals surface area contributed by atoms with Crippen LogP contribution >= 0.6 is 0 Å². The Labute approximate surface area is 145 Å². The van der Waals surface area contributed by atoms with Gasteiger partial charge in [-0.25, -0.2) is 4.79 Å². The van der Waals surface area contributed by atoms with Gasteiger partial charge in [0, 0.05) is 18.7 Å². The Morgan fingerprint density at radius 2 is 1.92 bits per heavy atom. The van der Waals surface area contributed by atoms with Crippen molar-refractivity contribution in [1.29, 1.82) is 0 Å². The van der Waals surface area contributed by atoms with Gasteiger partial charge in [-0.15, -0.1) is 0 Å². The zero-order valence-electron chi connectivity index (χ0n) is 13.9. The molecule has 0 atom stereocenters. The quantitative estimate of drug-likeness (QED) is 0.647. The number of nitrogens with one attached hydrogen (secondary N) is 1. The Morgan fingerprint density at radius 3 is 2.56 bits per heavy atom. The largest absolute Gasteiger partial charge is 0.478 e. The number of anilines is 2. The monoisotopic (exact) mass is 337 g/mol. The third-order valence-electron chi connectivity index (χ3n) is 4.13. The van der Waals surface area contributed by atoms with Crippen molar-refractivity contribution >= 4 is 29.0 Å². The van der Waals surface area contributed by atoms with Gasteiger partial charge in [0.25, 0.3) is 0 Å². The van der Waals surface area contributed by atoms with Crippen LogP contribution in [0.2, 0.25) is 0 Å². The summed E-state index contributed by atoms with van der Waals surface area (Å²) in [4.78, 5) is 24.5. The number of carbonyl (C=O) groups excluding carboxylic acids is 1.